The summed E-state index contributed by atoms with van der Waals surface area (Å²) >= 11 is 0. The second kappa shape index (κ2) is 10.5. The van der Waals surface area contributed by atoms with E-state index in [2.05, 4.69) is 25.7 Å². The molecule has 1 aromatic carbocycles. The number of anilines is 1. The lowest BCUT2D eigenvalue weighted by molar-refractivity contribution is 0.0951. The van der Waals surface area contributed by atoms with E-state index in [4.69, 9.17) is 13.9 Å². The molecule has 0 saturated carbocycles. The Morgan fingerprint density at radius 1 is 1.12 bits per heavy atom. The van der Waals surface area contributed by atoms with E-state index in [1.54, 1.807) is 35.3 Å². The lowest BCUT2D eigenvalue weighted by atomic mass is 10.2. The summed E-state index contributed by atoms with van der Waals surface area (Å²) in [5.74, 6) is 2.44. The number of hydrogen-bond donors (Lipinski definition) is 2. The number of fused-ring (bicyclic) bond motifs is 1. The number of amides is 1. The average molecular weight is 450 g/mol. The van der Waals surface area contributed by atoms with Crippen LogP contribution in [0.25, 0.3) is 11.0 Å². The van der Waals surface area contributed by atoms with E-state index >= 15 is 0 Å². The molecule has 3 heterocycles. The Morgan fingerprint density at radius 3 is 2.76 bits per heavy atom. The van der Waals surface area contributed by atoms with Crippen molar-refractivity contribution in [1.82, 2.24) is 25.1 Å². The van der Waals surface area contributed by atoms with Crippen LogP contribution in [0.2, 0.25) is 0 Å². The highest BCUT2D eigenvalue weighted by Crippen LogP contribution is 2.28. The highest BCUT2D eigenvalue weighted by Gasteiger charge is 2.13. The number of carbonyl (C=O) groups excluding carboxylic acids is 1. The third kappa shape index (κ3) is 5.22. The van der Waals surface area contributed by atoms with E-state index in [-0.39, 0.29) is 5.91 Å². The highest BCUT2D eigenvalue weighted by atomic mass is 16.5. The van der Waals surface area contributed by atoms with Crippen LogP contribution in [0.1, 0.15) is 30.0 Å². The van der Waals surface area contributed by atoms with Crippen LogP contribution in [-0.4, -0.2) is 45.4 Å². The summed E-state index contributed by atoms with van der Waals surface area (Å²) in [6, 6.07) is 8.88. The zero-order valence-electron chi connectivity index (χ0n) is 18.6. The third-order valence-corrected chi connectivity index (χ3v) is 4.86. The van der Waals surface area contributed by atoms with Crippen LogP contribution in [0.15, 0.2) is 53.5 Å². The lowest BCUT2D eigenvalue weighted by Gasteiger charge is -2.12. The van der Waals surface area contributed by atoms with Gasteiger partial charge in [0.25, 0.3) is 5.91 Å². The topological polar surface area (TPSA) is 116 Å². The van der Waals surface area contributed by atoms with Crippen LogP contribution in [0.5, 0.6) is 11.5 Å². The van der Waals surface area contributed by atoms with Gasteiger partial charge in [-0.1, -0.05) is 0 Å². The molecule has 172 valence electrons. The molecule has 0 radical (unpaired) electrons. The first-order chi connectivity index (χ1) is 16.2. The van der Waals surface area contributed by atoms with Crippen molar-refractivity contribution in [1.29, 1.82) is 0 Å². The summed E-state index contributed by atoms with van der Waals surface area (Å²) in [4.78, 5) is 21.3. The van der Waals surface area contributed by atoms with Crippen LogP contribution < -0.4 is 20.1 Å². The summed E-state index contributed by atoms with van der Waals surface area (Å²) in [7, 11) is 0. The van der Waals surface area contributed by atoms with Gasteiger partial charge in [0.1, 0.15) is 17.9 Å². The SMILES string of the molecule is CCOc1ccc(C(=O)NCCn2ncc3c(NCc4ccco4)ncnc32)cc1OCC. The fourth-order valence-corrected chi connectivity index (χ4v) is 3.35. The molecular weight excluding hydrogens is 424 g/mol. The van der Waals surface area contributed by atoms with Gasteiger partial charge in [0.05, 0.1) is 44.1 Å². The molecule has 0 aliphatic heterocycles. The molecule has 0 aliphatic carbocycles. The normalized spacial score (nSPS) is 10.8. The maximum atomic E-state index is 12.6. The molecule has 3 aromatic heterocycles. The van der Waals surface area contributed by atoms with Gasteiger partial charge in [0.15, 0.2) is 17.1 Å². The number of benzene rings is 1. The van der Waals surface area contributed by atoms with Gasteiger partial charge in [-0.05, 0) is 44.2 Å². The Hall–Kier alpha value is -4.08. The molecule has 10 nitrogen and oxygen atoms in total. The number of nitrogens with zero attached hydrogens (tertiary/aromatic N) is 4. The molecule has 0 bridgehead atoms. The second-order valence-corrected chi connectivity index (χ2v) is 7.04. The number of nitrogens with one attached hydrogen (secondary N) is 2. The van der Waals surface area contributed by atoms with E-state index in [9.17, 15) is 4.79 Å². The summed E-state index contributed by atoms with van der Waals surface area (Å²) in [5.41, 5.74) is 1.18. The van der Waals surface area contributed by atoms with E-state index in [1.807, 2.05) is 26.0 Å². The molecule has 1 amide bonds. The predicted molar refractivity (Wildman–Crippen MR) is 122 cm³/mol. The Morgan fingerprint density at radius 2 is 1.97 bits per heavy atom. The summed E-state index contributed by atoms with van der Waals surface area (Å²) in [6.45, 7) is 6.14. The van der Waals surface area contributed by atoms with Crippen LogP contribution >= 0.6 is 0 Å². The first-order valence-corrected chi connectivity index (χ1v) is 10.8. The second-order valence-electron chi connectivity index (χ2n) is 7.04. The van der Waals surface area contributed by atoms with Crippen molar-refractivity contribution in [3.8, 4) is 11.5 Å². The maximum absolute atomic E-state index is 12.6. The van der Waals surface area contributed by atoms with Crippen molar-refractivity contribution < 1.29 is 18.7 Å². The van der Waals surface area contributed by atoms with E-state index in [0.29, 0.717) is 61.4 Å². The van der Waals surface area contributed by atoms with Crippen molar-refractivity contribution in [3.05, 3.63) is 60.4 Å². The van der Waals surface area contributed by atoms with Gasteiger partial charge < -0.3 is 24.5 Å². The van der Waals surface area contributed by atoms with Gasteiger partial charge in [0.2, 0.25) is 0 Å². The van der Waals surface area contributed by atoms with Crippen molar-refractivity contribution >= 4 is 22.8 Å². The van der Waals surface area contributed by atoms with Gasteiger partial charge in [-0.2, -0.15) is 5.10 Å². The Balaban J connectivity index is 1.38. The van der Waals surface area contributed by atoms with Gasteiger partial charge in [-0.15, -0.1) is 0 Å². The Labute approximate surface area is 190 Å². The molecule has 0 spiro atoms. The first-order valence-electron chi connectivity index (χ1n) is 10.8. The lowest BCUT2D eigenvalue weighted by Crippen LogP contribution is -2.27. The van der Waals surface area contributed by atoms with Crippen LogP contribution in [0.4, 0.5) is 5.82 Å². The largest absolute Gasteiger partial charge is 0.490 e. The van der Waals surface area contributed by atoms with Crippen LogP contribution in [0, 0.1) is 0 Å². The monoisotopic (exact) mass is 450 g/mol. The van der Waals surface area contributed by atoms with Gasteiger partial charge in [-0.25, -0.2) is 14.6 Å². The summed E-state index contributed by atoms with van der Waals surface area (Å²) < 4.78 is 18.2. The summed E-state index contributed by atoms with van der Waals surface area (Å²) in [6.07, 6.45) is 4.82. The number of hydrogen-bond acceptors (Lipinski definition) is 8. The van der Waals surface area contributed by atoms with Crippen molar-refractivity contribution in [2.75, 3.05) is 25.1 Å². The standard InChI is InChI=1S/C23H26N6O4/c1-3-31-19-8-7-16(12-20(19)32-4-2)23(30)24-9-10-29-22-18(14-28-29)21(26-15-27-22)25-13-17-6-5-11-33-17/h5-8,11-12,14-15H,3-4,9-10,13H2,1-2H3,(H,24,30)(H,25,26,27). The Kier molecular flexibility index (Phi) is 7.03. The number of rotatable bonds is 11. The number of aromatic nitrogens is 4. The molecule has 4 rings (SSSR count). The van der Waals surface area contributed by atoms with E-state index in [1.165, 1.54) is 6.33 Å². The first kappa shape index (κ1) is 22.1. The van der Waals surface area contributed by atoms with E-state index in [0.717, 1.165) is 11.1 Å². The molecule has 2 N–H and O–H groups in total. The van der Waals surface area contributed by atoms with Crippen molar-refractivity contribution in [2.45, 2.75) is 26.9 Å². The van der Waals surface area contributed by atoms with Gasteiger partial charge >= 0.3 is 0 Å². The quantitative estimate of drug-likeness (QED) is 0.358. The minimum Gasteiger partial charge on any atom is -0.490 e. The van der Waals surface area contributed by atoms with Gasteiger partial charge in [-0.3, -0.25) is 4.79 Å². The smallest absolute Gasteiger partial charge is 0.251 e. The number of ether oxygens (including phenoxy) is 2. The molecular formula is C23H26N6O4. The zero-order chi connectivity index (χ0) is 23.0. The predicted octanol–water partition coefficient (Wildman–Crippen LogP) is 3.26. The molecule has 0 fully saturated rings. The molecule has 10 heteroatoms. The van der Waals surface area contributed by atoms with Crippen molar-refractivity contribution in [3.63, 3.8) is 0 Å². The molecule has 0 unspecified atom stereocenters. The fraction of sp³-hybridized carbons (Fsp3) is 0.304. The Bertz CT molecular complexity index is 1210. The minimum atomic E-state index is -0.203. The zero-order valence-corrected chi connectivity index (χ0v) is 18.6. The number of carbonyl (C=O) groups is 1. The highest BCUT2D eigenvalue weighted by molar-refractivity contribution is 5.94. The molecule has 0 aliphatic rings. The molecule has 33 heavy (non-hydrogen) atoms. The van der Waals surface area contributed by atoms with Crippen LogP contribution in [-0.2, 0) is 13.1 Å². The van der Waals surface area contributed by atoms with Crippen LogP contribution in [0.3, 0.4) is 0 Å². The minimum absolute atomic E-state index is 0.203. The van der Waals surface area contributed by atoms with E-state index < -0.39 is 0 Å². The number of furan rings is 1. The maximum Gasteiger partial charge on any atom is 0.251 e. The molecule has 0 atom stereocenters. The summed E-state index contributed by atoms with van der Waals surface area (Å²) in [5, 5.41) is 11.4. The molecule has 0 saturated heterocycles. The average Bonchev–Trinajstić information content (AvgIpc) is 3.49. The third-order valence-electron chi connectivity index (χ3n) is 4.86. The van der Waals surface area contributed by atoms with Crippen molar-refractivity contribution in [2.24, 2.45) is 0 Å². The van der Waals surface area contributed by atoms with Gasteiger partial charge in [0, 0.05) is 12.1 Å². The molecule has 4 aromatic rings. The fourth-order valence-electron chi connectivity index (χ4n) is 3.35.